The number of anilines is 1. The van der Waals surface area contributed by atoms with E-state index in [0.717, 1.165) is 42.4 Å². The normalized spacial score (nSPS) is 15.3. The lowest BCUT2D eigenvalue weighted by atomic mass is 9.97. The van der Waals surface area contributed by atoms with E-state index in [1.165, 1.54) is 12.1 Å². The summed E-state index contributed by atoms with van der Waals surface area (Å²) in [7, 11) is -3.84. The largest absolute Gasteiger partial charge is 0.325 e. The molecule has 1 aliphatic rings. The number of aromatic amines is 1. The van der Waals surface area contributed by atoms with Gasteiger partial charge in [-0.2, -0.15) is 5.10 Å². The highest BCUT2D eigenvalue weighted by Gasteiger charge is 2.25. The van der Waals surface area contributed by atoms with Crippen molar-refractivity contribution < 1.29 is 13.2 Å². The summed E-state index contributed by atoms with van der Waals surface area (Å²) >= 11 is 0. The zero-order valence-corrected chi connectivity index (χ0v) is 20.0. The Labute approximate surface area is 204 Å². The number of amides is 1. The second-order valence-electron chi connectivity index (χ2n) is 8.87. The molecule has 5 rings (SSSR count). The number of carbonyl (C=O) groups excluding carboxylic acids is 1. The van der Waals surface area contributed by atoms with Gasteiger partial charge in [0.2, 0.25) is 15.9 Å². The Morgan fingerprint density at radius 2 is 1.80 bits per heavy atom. The lowest BCUT2D eigenvalue weighted by Gasteiger charge is -2.23. The predicted molar refractivity (Wildman–Crippen MR) is 136 cm³/mol. The molecule has 1 aliphatic heterocycles. The molecular weight excluding hydrogens is 462 g/mol. The molecule has 0 aliphatic carbocycles. The first-order valence-electron chi connectivity index (χ1n) is 11.6. The standard InChI is InChI=1S/C26H27N5O3S/c27-35(33,34)21-10-6-9-19(15-21)25-22-16-20(11-12-24(22)29-30-25)28-26(32)23(17-31-13-4-5-14-31)18-7-2-1-3-8-18/h1-3,6-12,15-16,23H,4-5,13-14,17H2,(H,28,32)(H,29,30)(H2,27,33,34). The van der Waals surface area contributed by atoms with Crippen molar-refractivity contribution in [2.45, 2.75) is 23.7 Å². The van der Waals surface area contributed by atoms with E-state index in [9.17, 15) is 13.2 Å². The van der Waals surface area contributed by atoms with Crippen LogP contribution in [0.1, 0.15) is 24.3 Å². The molecule has 0 radical (unpaired) electrons. The fourth-order valence-corrected chi connectivity index (χ4v) is 5.17. The quantitative estimate of drug-likeness (QED) is 0.366. The molecule has 2 heterocycles. The average Bonchev–Trinajstić information content (AvgIpc) is 3.52. The highest BCUT2D eigenvalue weighted by atomic mass is 32.2. The van der Waals surface area contributed by atoms with E-state index >= 15 is 0 Å². The van der Waals surface area contributed by atoms with Crippen molar-refractivity contribution in [1.82, 2.24) is 15.1 Å². The van der Waals surface area contributed by atoms with E-state index < -0.39 is 10.0 Å². The van der Waals surface area contributed by atoms with E-state index in [-0.39, 0.29) is 16.7 Å². The Hall–Kier alpha value is -3.53. The molecule has 3 aromatic carbocycles. The van der Waals surface area contributed by atoms with Gasteiger partial charge in [-0.25, -0.2) is 13.6 Å². The molecule has 4 aromatic rings. The lowest BCUT2D eigenvalue weighted by molar-refractivity contribution is -0.118. The number of likely N-dealkylation sites (tertiary alicyclic amines) is 1. The maximum Gasteiger partial charge on any atom is 0.238 e. The van der Waals surface area contributed by atoms with Crippen molar-refractivity contribution >= 4 is 32.5 Å². The molecule has 0 bridgehead atoms. The number of aromatic nitrogens is 2. The van der Waals surface area contributed by atoms with Crippen molar-refractivity contribution in [3.05, 3.63) is 78.4 Å². The summed E-state index contributed by atoms with van der Waals surface area (Å²) in [5.41, 5.74) is 3.60. The van der Waals surface area contributed by atoms with Gasteiger partial charge in [-0.05, 0) is 61.8 Å². The first kappa shape index (κ1) is 23.2. The molecule has 1 atom stereocenters. The van der Waals surface area contributed by atoms with Gasteiger partial charge in [0, 0.05) is 23.2 Å². The molecule has 1 amide bonds. The molecule has 9 heteroatoms. The summed E-state index contributed by atoms with van der Waals surface area (Å²) in [4.78, 5) is 15.8. The molecule has 4 N–H and O–H groups in total. The third-order valence-corrected chi connectivity index (χ3v) is 7.34. The number of nitrogens with two attached hydrogens (primary N) is 1. The monoisotopic (exact) mass is 489 g/mol. The summed E-state index contributed by atoms with van der Waals surface area (Å²) in [5.74, 6) is -0.357. The molecule has 0 spiro atoms. The molecule has 35 heavy (non-hydrogen) atoms. The summed E-state index contributed by atoms with van der Waals surface area (Å²) in [6.45, 7) is 2.70. The van der Waals surface area contributed by atoms with E-state index in [0.29, 0.717) is 23.5 Å². The van der Waals surface area contributed by atoms with Gasteiger partial charge in [0.25, 0.3) is 0 Å². The molecule has 1 aromatic heterocycles. The van der Waals surface area contributed by atoms with Crippen molar-refractivity contribution in [2.24, 2.45) is 5.14 Å². The van der Waals surface area contributed by atoms with Gasteiger partial charge in [-0.3, -0.25) is 9.89 Å². The molecule has 1 saturated heterocycles. The van der Waals surface area contributed by atoms with Crippen LogP contribution < -0.4 is 10.5 Å². The van der Waals surface area contributed by atoms with Crippen LogP contribution in [-0.4, -0.2) is 49.1 Å². The smallest absolute Gasteiger partial charge is 0.238 e. The number of carbonyl (C=O) groups is 1. The number of fused-ring (bicyclic) bond motifs is 1. The highest BCUT2D eigenvalue weighted by Crippen LogP contribution is 2.30. The van der Waals surface area contributed by atoms with Gasteiger partial charge in [0.1, 0.15) is 5.69 Å². The van der Waals surface area contributed by atoms with Crippen LogP contribution in [0, 0.1) is 0 Å². The molecule has 0 saturated carbocycles. The van der Waals surface area contributed by atoms with Crippen molar-refractivity contribution in [3.63, 3.8) is 0 Å². The molecular formula is C26H27N5O3S. The fraction of sp³-hybridized carbons (Fsp3) is 0.231. The number of nitrogens with one attached hydrogen (secondary N) is 2. The van der Waals surface area contributed by atoms with E-state index in [1.54, 1.807) is 12.1 Å². The maximum absolute atomic E-state index is 13.4. The van der Waals surface area contributed by atoms with Crippen LogP contribution in [0.15, 0.2) is 77.7 Å². The fourth-order valence-electron chi connectivity index (χ4n) is 4.61. The van der Waals surface area contributed by atoms with Crippen LogP contribution in [0.5, 0.6) is 0 Å². The average molecular weight is 490 g/mol. The summed E-state index contributed by atoms with van der Waals surface area (Å²) in [6.07, 6.45) is 2.32. The zero-order chi connectivity index (χ0) is 24.4. The minimum Gasteiger partial charge on any atom is -0.325 e. The lowest BCUT2D eigenvalue weighted by Crippen LogP contribution is -2.32. The summed E-state index contributed by atoms with van der Waals surface area (Å²) < 4.78 is 23.6. The van der Waals surface area contributed by atoms with Crippen LogP contribution >= 0.6 is 0 Å². The zero-order valence-electron chi connectivity index (χ0n) is 19.1. The van der Waals surface area contributed by atoms with Gasteiger partial charge in [0.05, 0.1) is 16.3 Å². The first-order chi connectivity index (χ1) is 16.9. The Morgan fingerprint density at radius 3 is 2.54 bits per heavy atom. The topological polar surface area (TPSA) is 121 Å². The highest BCUT2D eigenvalue weighted by molar-refractivity contribution is 7.89. The Morgan fingerprint density at radius 1 is 1.03 bits per heavy atom. The Bertz CT molecular complexity index is 1460. The van der Waals surface area contributed by atoms with Crippen LogP contribution in [-0.2, 0) is 14.8 Å². The number of H-pyrrole nitrogens is 1. The second kappa shape index (κ2) is 9.61. The van der Waals surface area contributed by atoms with Crippen molar-refractivity contribution in [3.8, 4) is 11.3 Å². The van der Waals surface area contributed by atoms with Gasteiger partial charge in [-0.15, -0.1) is 0 Å². The third-order valence-electron chi connectivity index (χ3n) is 6.42. The number of hydrogen-bond acceptors (Lipinski definition) is 5. The number of rotatable bonds is 7. The van der Waals surface area contributed by atoms with Crippen molar-refractivity contribution in [2.75, 3.05) is 25.0 Å². The minimum absolute atomic E-state index is 0.0169. The number of primary sulfonamides is 1. The molecule has 1 fully saturated rings. The van der Waals surface area contributed by atoms with Gasteiger partial charge in [-0.1, -0.05) is 42.5 Å². The van der Waals surface area contributed by atoms with Crippen LogP contribution in [0.3, 0.4) is 0 Å². The van der Waals surface area contributed by atoms with Crippen LogP contribution in [0.25, 0.3) is 22.2 Å². The van der Waals surface area contributed by atoms with Crippen LogP contribution in [0.2, 0.25) is 0 Å². The van der Waals surface area contributed by atoms with Gasteiger partial charge in [0.15, 0.2) is 0 Å². The number of nitrogens with zero attached hydrogens (tertiary/aromatic N) is 2. The van der Waals surface area contributed by atoms with Gasteiger partial charge < -0.3 is 10.2 Å². The number of benzene rings is 3. The summed E-state index contributed by atoms with van der Waals surface area (Å²) in [6, 6.07) is 21.7. The van der Waals surface area contributed by atoms with Gasteiger partial charge >= 0.3 is 0 Å². The Balaban J connectivity index is 1.44. The molecule has 1 unspecified atom stereocenters. The number of sulfonamides is 1. The first-order valence-corrected chi connectivity index (χ1v) is 13.1. The third kappa shape index (κ3) is 5.12. The summed E-state index contributed by atoms with van der Waals surface area (Å²) in [5, 5.41) is 16.5. The minimum atomic E-state index is -3.84. The van der Waals surface area contributed by atoms with Crippen LogP contribution in [0.4, 0.5) is 5.69 Å². The van der Waals surface area contributed by atoms with E-state index in [2.05, 4.69) is 20.4 Å². The number of hydrogen-bond donors (Lipinski definition) is 3. The molecule has 180 valence electrons. The van der Waals surface area contributed by atoms with E-state index in [4.69, 9.17) is 5.14 Å². The van der Waals surface area contributed by atoms with Crippen molar-refractivity contribution in [1.29, 1.82) is 0 Å². The van der Waals surface area contributed by atoms with E-state index in [1.807, 2.05) is 48.5 Å². The predicted octanol–water partition coefficient (Wildman–Crippen LogP) is 3.70. The second-order valence-corrected chi connectivity index (χ2v) is 10.4. The SMILES string of the molecule is NS(=O)(=O)c1cccc(-c2n[nH]c3ccc(NC(=O)C(CN4CCCC4)c4ccccc4)cc23)c1. The molecule has 8 nitrogen and oxygen atoms in total. The maximum atomic E-state index is 13.4. The Kier molecular flexibility index (Phi) is 6.38.